The molecular formula is C29H27F3N4O4. The van der Waals surface area contributed by atoms with Gasteiger partial charge in [0, 0.05) is 29.1 Å². The van der Waals surface area contributed by atoms with Crippen molar-refractivity contribution in [1.82, 2.24) is 15.1 Å². The fourth-order valence-corrected chi connectivity index (χ4v) is 5.31. The molecule has 0 unspecified atom stereocenters. The van der Waals surface area contributed by atoms with Crippen LogP contribution >= 0.6 is 0 Å². The predicted octanol–water partition coefficient (Wildman–Crippen LogP) is 5.31. The van der Waals surface area contributed by atoms with E-state index in [1.54, 1.807) is 7.11 Å². The number of benzene rings is 3. The van der Waals surface area contributed by atoms with Crippen molar-refractivity contribution in [3.8, 4) is 17.0 Å². The number of nitrogens with zero attached hydrogens (tertiary/aromatic N) is 2. The van der Waals surface area contributed by atoms with Gasteiger partial charge in [-0.05, 0) is 61.5 Å². The highest BCUT2D eigenvalue weighted by atomic mass is 19.4. The number of fused-ring (bicyclic) bond motifs is 3. The molecule has 2 atom stereocenters. The number of nitrogens with one attached hydrogen (secondary N) is 2. The first-order chi connectivity index (χ1) is 18.9. The highest BCUT2D eigenvalue weighted by Gasteiger charge is 2.65. The number of methoxy groups -OCH3 is 1. The topological polar surface area (TPSA) is 108 Å². The molecule has 11 heteroatoms. The van der Waals surface area contributed by atoms with Gasteiger partial charge in [-0.3, -0.25) is 9.89 Å². The normalized spacial score (nSPS) is 19.3. The van der Waals surface area contributed by atoms with Gasteiger partial charge in [0.1, 0.15) is 5.75 Å². The zero-order valence-corrected chi connectivity index (χ0v) is 22.0. The van der Waals surface area contributed by atoms with Gasteiger partial charge in [0.25, 0.3) is 0 Å². The quantitative estimate of drug-likeness (QED) is 0.310. The lowest BCUT2D eigenvalue weighted by atomic mass is 9.91. The second kappa shape index (κ2) is 9.98. The fourth-order valence-electron chi connectivity index (χ4n) is 5.31. The van der Waals surface area contributed by atoms with E-state index < -0.39 is 17.6 Å². The summed E-state index contributed by atoms with van der Waals surface area (Å²) in [7, 11) is 5.80. The molecule has 40 heavy (non-hydrogen) atoms. The van der Waals surface area contributed by atoms with E-state index in [1.165, 1.54) is 5.56 Å². The van der Waals surface area contributed by atoms with Crippen molar-refractivity contribution in [3.05, 3.63) is 77.4 Å². The van der Waals surface area contributed by atoms with Crippen molar-refractivity contribution in [1.29, 1.82) is 0 Å². The van der Waals surface area contributed by atoms with Crippen LogP contribution in [0, 0.1) is 0 Å². The van der Waals surface area contributed by atoms with Crippen LogP contribution in [-0.2, 0) is 21.5 Å². The summed E-state index contributed by atoms with van der Waals surface area (Å²) < 4.78 is 37.1. The Morgan fingerprint density at radius 1 is 1.12 bits per heavy atom. The third-order valence-electron chi connectivity index (χ3n) is 7.28. The lowest BCUT2D eigenvalue weighted by Gasteiger charge is -2.10. The Morgan fingerprint density at radius 3 is 2.45 bits per heavy atom. The number of aromatic amines is 1. The van der Waals surface area contributed by atoms with E-state index in [2.05, 4.69) is 77.0 Å². The summed E-state index contributed by atoms with van der Waals surface area (Å²) in [5.74, 6) is -1.75. The van der Waals surface area contributed by atoms with Crippen LogP contribution in [0.3, 0.4) is 0 Å². The Labute approximate surface area is 227 Å². The van der Waals surface area contributed by atoms with Crippen molar-refractivity contribution in [2.24, 2.45) is 0 Å². The lowest BCUT2D eigenvalue weighted by Crippen LogP contribution is -2.21. The van der Waals surface area contributed by atoms with Gasteiger partial charge in [-0.25, -0.2) is 4.79 Å². The molecule has 0 bridgehead atoms. The van der Waals surface area contributed by atoms with E-state index in [4.69, 9.17) is 14.6 Å². The number of anilines is 1. The molecule has 4 aromatic rings. The van der Waals surface area contributed by atoms with Gasteiger partial charge in [-0.15, -0.1) is 0 Å². The zero-order valence-electron chi connectivity index (χ0n) is 22.0. The summed E-state index contributed by atoms with van der Waals surface area (Å²) in [5, 5.41) is 19.1. The maximum absolute atomic E-state index is 13.0. The van der Waals surface area contributed by atoms with E-state index in [0.29, 0.717) is 0 Å². The molecule has 8 nitrogen and oxygen atoms in total. The second-order valence-corrected chi connectivity index (χ2v) is 10.2. The molecule has 3 aromatic carbocycles. The number of alkyl halides is 3. The van der Waals surface area contributed by atoms with Gasteiger partial charge in [0.2, 0.25) is 5.91 Å². The van der Waals surface area contributed by atoms with Gasteiger partial charge in [0.15, 0.2) is 0 Å². The number of aromatic nitrogens is 2. The summed E-state index contributed by atoms with van der Waals surface area (Å²) in [4.78, 5) is 24.0. The van der Waals surface area contributed by atoms with E-state index in [-0.39, 0.29) is 11.8 Å². The number of carbonyl (C=O) groups is 2. The number of carboxylic acids is 1. The molecule has 2 aliphatic rings. The van der Waals surface area contributed by atoms with Gasteiger partial charge in [-0.1, -0.05) is 36.4 Å². The number of carboxylic acid groups (broad SMARTS) is 1. The fraction of sp³-hybridized carbons (Fsp3) is 0.276. The number of aliphatic carboxylic acids is 1. The van der Waals surface area contributed by atoms with Gasteiger partial charge in [-0.2, -0.15) is 18.3 Å². The number of carbonyl (C=O) groups excluding carboxylic acids is 1. The molecule has 3 N–H and O–H groups in total. The van der Waals surface area contributed by atoms with Crippen LogP contribution in [0.5, 0.6) is 5.75 Å². The van der Waals surface area contributed by atoms with E-state index >= 15 is 0 Å². The molecule has 0 radical (unpaired) electrons. The summed E-state index contributed by atoms with van der Waals surface area (Å²) in [6, 6.07) is 20.8. The van der Waals surface area contributed by atoms with Crippen molar-refractivity contribution >= 4 is 28.5 Å². The predicted molar refractivity (Wildman–Crippen MR) is 143 cm³/mol. The maximum atomic E-state index is 13.0. The standard InChI is InChI=1S/C27H26N4O2.C2HF3O2/c1-31(2)15-16-4-6-17(7-5-16)25-20-10-8-18(12-24(20)29-30-25)22-14-27(22)21-13-19(33-3)9-11-23(21)28-26(27)32;3-2(4,5)1(6)7/h4-13,22H,14-15H2,1-3H3,(H,28,32)(H,29,30);(H,6,7)/t22-,27-;/m0./s1. The van der Waals surface area contributed by atoms with Crippen molar-refractivity contribution in [3.63, 3.8) is 0 Å². The van der Waals surface area contributed by atoms with Crippen LogP contribution < -0.4 is 10.1 Å². The lowest BCUT2D eigenvalue weighted by molar-refractivity contribution is -0.192. The molecular weight excluding hydrogens is 525 g/mol. The molecule has 1 amide bonds. The number of H-pyrrole nitrogens is 1. The zero-order chi connectivity index (χ0) is 28.8. The largest absolute Gasteiger partial charge is 0.497 e. The maximum Gasteiger partial charge on any atom is 0.490 e. The average molecular weight is 553 g/mol. The van der Waals surface area contributed by atoms with Gasteiger partial charge in [0.05, 0.1) is 23.7 Å². The summed E-state index contributed by atoms with van der Waals surface area (Å²) in [6.07, 6.45) is -4.28. The Bertz CT molecular complexity index is 1600. The number of rotatable bonds is 5. The number of amides is 1. The molecule has 1 aliphatic carbocycles. The minimum atomic E-state index is -5.08. The molecule has 6 rings (SSSR count). The Morgan fingerprint density at radius 2 is 1.82 bits per heavy atom. The summed E-state index contributed by atoms with van der Waals surface area (Å²) in [6.45, 7) is 0.913. The molecule has 1 fully saturated rings. The Hall–Kier alpha value is -4.38. The third-order valence-corrected chi connectivity index (χ3v) is 7.28. The first kappa shape index (κ1) is 27.2. The first-order valence-corrected chi connectivity index (χ1v) is 12.5. The summed E-state index contributed by atoms with van der Waals surface area (Å²) in [5.41, 5.74) is 6.91. The average Bonchev–Trinajstić information content (AvgIpc) is 3.43. The van der Waals surface area contributed by atoms with Crippen LogP contribution in [0.2, 0.25) is 0 Å². The number of ether oxygens (including phenoxy) is 1. The molecule has 1 spiro atoms. The molecule has 1 aromatic heterocycles. The van der Waals surface area contributed by atoms with E-state index in [0.717, 1.165) is 57.7 Å². The van der Waals surface area contributed by atoms with E-state index in [1.807, 2.05) is 18.2 Å². The number of hydrogen-bond donors (Lipinski definition) is 3. The minimum absolute atomic E-state index is 0.0824. The van der Waals surface area contributed by atoms with Crippen LogP contribution in [0.1, 0.15) is 29.0 Å². The monoisotopic (exact) mass is 552 g/mol. The highest BCUT2D eigenvalue weighted by molar-refractivity contribution is 6.10. The smallest absolute Gasteiger partial charge is 0.490 e. The van der Waals surface area contributed by atoms with Crippen molar-refractivity contribution in [2.45, 2.75) is 30.5 Å². The van der Waals surface area contributed by atoms with Crippen molar-refractivity contribution in [2.75, 3.05) is 26.5 Å². The Kier molecular flexibility index (Phi) is 6.79. The molecule has 1 aliphatic heterocycles. The number of hydrogen-bond acceptors (Lipinski definition) is 5. The first-order valence-electron chi connectivity index (χ1n) is 12.5. The second-order valence-electron chi connectivity index (χ2n) is 10.2. The molecule has 2 heterocycles. The molecule has 208 valence electrons. The minimum Gasteiger partial charge on any atom is -0.497 e. The summed E-state index contributed by atoms with van der Waals surface area (Å²) >= 11 is 0. The van der Waals surface area contributed by atoms with Crippen LogP contribution in [-0.4, -0.2) is 59.5 Å². The SMILES string of the molecule is COc1ccc2c(c1)[C@]1(C[C@H]1c1ccc3c(-c4ccc(CN(C)C)cc4)n[nH]c3c1)C(=O)N2.O=C(O)C(F)(F)F. The van der Waals surface area contributed by atoms with E-state index in [9.17, 15) is 18.0 Å². The molecule has 1 saturated carbocycles. The van der Waals surface area contributed by atoms with Crippen LogP contribution in [0.15, 0.2) is 60.7 Å². The highest BCUT2D eigenvalue weighted by Crippen LogP contribution is 2.65. The van der Waals surface area contributed by atoms with Crippen LogP contribution in [0.25, 0.3) is 22.2 Å². The van der Waals surface area contributed by atoms with Gasteiger partial charge >= 0.3 is 12.1 Å². The number of halogens is 3. The van der Waals surface area contributed by atoms with Crippen LogP contribution in [0.4, 0.5) is 18.9 Å². The third kappa shape index (κ3) is 4.88. The van der Waals surface area contributed by atoms with Gasteiger partial charge < -0.3 is 20.1 Å². The van der Waals surface area contributed by atoms with Crippen molar-refractivity contribution < 1.29 is 32.6 Å². The Balaban J connectivity index is 0.000000411. The molecule has 0 saturated heterocycles.